The molecule has 0 aromatic heterocycles. The van der Waals surface area contributed by atoms with Gasteiger partial charge >= 0.3 is 11.9 Å². The van der Waals surface area contributed by atoms with E-state index in [1.54, 1.807) is 20.8 Å². The highest BCUT2D eigenvalue weighted by atomic mass is 16.6. The van der Waals surface area contributed by atoms with Crippen molar-refractivity contribution >= 4 is 17.8 Å². The molecule has 0 aliphatic carbocycles. The van der Waals surface area contributed by atoms with Crippen LogP contribution in [0.4, 0.5) is 0 Å². The van der Waals surface area contributed by atoms with Crippen LogP contribution in [0.3, 0.4) is 0 Å². The summed E-state index contributed by atoms with van der Waals surface area (Å²) in [5.41, 5.74) is 10.7. The van der Waals surface area contributed by atoms with E-state index in [0.29, 0.717) is 19.3 Å². The monoisotopic (exact) mass is 303 g/mol. The molecule has 0 aliphatic rings. The third kappa shape index (κ3) is 9.80. The zero-order chi connectivity index (χ0) is 16.6. The Kier molecular flexibility index (Phi) is 7.90. The first-order valence-corrected chi connectivity index (χ1v) is 6.76. The Morgan fingerprint density at radius 3 is 2.14 bits per heavy atom. The number of hydrogen-bond donors (Lipinski definition) is 4. The Labute approximate surface area is 124 Å². The van der Waals surface area contributed by atoms with Gasteiger partial charge in [0.1, 0.15) is 18.2 Å². The molecule has 8 nitrogen and oxygen atoms in total. The summed E-state index contributed by atoms with van der Waals surface area (Å²) in [6, 6.07) is -1.59. The molecule has 0 saturated carbocycles. The molecule has 0 saturated heterocycles. The SMILES string of the molecule is CC(C)(C)OC(=O)C(N)CCC[C@H](N)C(=O)NCC(=O)O. The summed E-state index contributed by atoms with van der Waals surface area (Å²) in [7, 11) is 0. The number of amides is 1. The number of aliphatic carboxylic acids is 1. The molecular weight excluding hydrogens is 278 g/mol. The van der Waals surface area contributed by atoms with E-state index in [2.05, 4.69) is 5.32 Å². The molecule has 0 aliphatic heterocycles. The molecule has 1 unspecified atom stereocenters. The van der Waals surface area contributed by atoms with Crippen molar-refractivity contribution in [1.82, 2.24) is 5.32 Å². The van der Waals surface area contributed by atoms with E-state index in [1.807, 2.05) is 0 Å². The minimum Gasteiger partial charge on any atom is -0.480 e. The van der Waals surface area contributed by atoms with Crippen molar-refractivity contribution in [3.05, 3.63) is 0 Å². The molecule has 0 bridgehead atoms. The maximum Gasteiger partial charge on any atom is 0.323 e. The van der Waals surface area contributed by atoms with Crippen LogP contribution < -0.4 is 16.8 Å². The summed E-state index contributed by atoms with van der Waals surface area (Å²) in [6.45, 7) is 4.78. The number of esters is 1. The Morgan fingerprint density at radius 2 is 1.67 bits per heavy atom. The van der Waals surface area contributed by atoms with Gasteiger partial charge < -0.3 is 26.6 Å². The molecule has 21 heavy (non-hydrogen) atoms. The summed E-state index contributed by atoms with van der Waals surface area (Å²) >= 11 is 0. The van der Waals surface area contributed by atoms with Crippen molar-refractivity contribution in [2.75, 3.05) is 6.54 Å². The number of hydrogen-bond acceptors (Lipinski definition) is 6. The summed E-state index contributed by atoms with van der Waals surface area (Å²) in [4.78, 5) is 33.3. The van der Waals surface area contributed by atoms with Crippen molar-refractivity contribution in [1.29, 1.82) is 0 Å². The fraction of sp³-hybridized carbons (Fsp3) is 0.769. The molecule has 8 heteroatoms. The molecule has 1 amide bonds. The number of nitrogens with one attached hydrogen (secondary N) is 1. The van der Waals surface area contributed by atoms with Gasteiger partial charge in [0.25, 0.3) is 0 Å². The largest absolute Gasteiger partial charge is 0.480 e. The van der Waals surface area contributed by atoms with Gasteiger partial charge in [0, 0.05) is 0 Å². The highest BCUT2D eigenvalue weighted by molar-refractivity contribution is 5.84. The second-order valence-corrected chi connectivity index (χ2v) is 5.79. The second-order valence-electron chi connectivity index (χ2n) is 5.79. The van der Waals surface area contributed by atoms with Crippen molar-refractivity contribution in [2.24, 2.45) is 11.5 Å². The summed E-state index contributed by atoms with van der Waals surface area (Å²) in [6.07, 6.45) is 1.11. The van der Waals surface area contributed by atoms with Crippen LogP contribution in [-0.2, 0) is 19.1 Å². The van der Waals surface area contributed by atoms with Gasteiger partial charge in [-0.1, -0.05) is 0 Å². The minimum atomic E-state index is -1.14. The molecule has 0 aromatic carbocycles. The van der Waals surface area contributed by atoms with Gasteiger partial charge in [-0.15, -0.1) is 0 Å². The Bertz CT molecular complexity index is 378. The van der Waals surface area contributed by atoms with Crippen LogP contribution in [0, 0.1) is 0 Å². The predicted molar refractivity (Wildman–Crippen MR) is 76.3 cm³/mol. The number of carboxylic acid groups (broad SMARTS) is 1. The van der Waals surface area contributed by atoms with Crippen LogP contribution in [0.15, 0.2) is 0 Å². The van der Waals surface area contributed by atoms with Crippen LogP contribution in [0.2, 0.25) is 0 Å². The van der Waals surface area contributed by atoms with Crippen molar-refractivity contribution in [2.45, 2.75) is 57.7 Å². The van der Waals surface area contributed by atoms with E-state index in [-0.39, 0.29) is 0 Å². The van der Waals surface area contributed by atoms with Gasteiger partial charge in [-0.2, -0.15) is 0 Å². The van der Waals surface area contributed by atoms with E-state index < -0.39 is 42.1 Å². The Hall–Kier alpha value is -1.67. The topological polar surface area (TPSA) is 145 Å². The Morgan fingerprint density at radius 1 is 1.14 bits per heavy atom. The molecule has 2 atom stereocenters. The highest BCUT2D eigenvalue weighted by Crippen LogP contribution is 2.10. The van der Waals surface area contributed by atoms with Crippen molar-refractivity contribution < 1.29 is 24.2 Å². The van der Waals surface area contributed by atoms with Crippen LogP contribution in [0.1, 0.15) is 40.0 Å². The maximum atomic E-state index is 11.6. The van der Waals surface area contributed by atoms with E-state index in [9.17, 15) is 14.4 Å². The number of rotatable bonds is 8. The van der Waals surface area contributed by atoms with Crippen LogP contribution in [0.25, 0.3) is 0 Å². The number of carbonyl (C=O) groups excluding carboxylic acids is 2. The van der Waals surface area contributed by atoms with Gasteiger partial charge in [-0.25, -0.2) is 0 Å². The van der Waals surface area contributed by atoms with Gasteiger partial charge in [0.2, 0.25) is 5.91 Å². The number of carboxylic acids is 1. The third-order valence-electron chi connectivity index (χ3n) is 2.49. The lowest BCUT2D eigenvalue weighted by molar-refractivity contribution is -0.156. The lowest BCUT2D eigenvalue weighted by Crippen LogP contribution is -2.43. The van der Waals surface area contributed by atoms with Gasteiger partial charge in [-0.05, 0) is 40.0 Å². The first-order valence-electron chi connectivity index (χ1n) is 6.76. The van der Waals surface area contributed by atoms with Crippen LogP contribution in [-0.4, -0.2) is 47.2 Å². The summed E-state index contributed by atoms with van der Waals surface area (Å²) in [5, 5.41) is 10.6. The average molecular weight is 303 g/mol. The smallest absolute Gasteiger partial charge is 0.323 e. The highest BCUT2D eigenvalue weighted by Gasteiger charge is 2.22. The van der Waals surface area contributed by atoms with Gasteiger partial charge in [-0.3, -0.25) is 14.4 Å². The Balaban J connectivity index is 3.99. The zero-order valence-electron chi connectivity index (χ0n) is 12.7. The first-order chi connectivity index (χ1) is 9.53. The molecule has 0 rings (SSSR count). The predicted octanol–water partition coefficient (Wildman–Crippen LogP) is -0.646. The number of nitrogens with two attached hydrogens (primary N) is 2. The normalized spacial score (nSPS) is 14.1. The average Bonchev–Trinajstić information content (AvgIpc) is 2.33. The molecular formula is C13H25N3O5. The summed E-state index contributed by atoms with van der Waals surface area (Å²) < 4.78 is 5.13. The molecule has 0 spiro atoms. The van der Waals surface area contributed by atoms with Crippen molar-refractivity contribution in [3.63, 3.8) is 0 Å². The number of carbonyl (C=O) groups is 3. The van der Waals surface area contributed by atoms with E-state index in [0.717, 1.165) is 0 Å². The van der Waals surface area contributed by atoms with E-state index in [4.69, 9.17) is 21.3 Å². The minimum absolute atomic E-state index is 0.307. The fourth-order valence-electron chi connectivity index (χ4n) is 1.48. The number of ether oxygens (including phenoxy) is 1. The van der Waals surface area contributed by atoms with E-state index >= 15 is 0 Å². The summed E-state index contributed by atoms with van der Waals surface area (Å²) in [5.74, 6) is -2.17. The standard InChI is InChI=1S/C13H25N3O5/c1-13(2,3)21-12(20)9(15)6-4-5-8(14)11(19)16-7-10(17)18/h8-9H,4-7,14-15H2,1-3H3,(H,16,19)(H,17,18)/t8-,9?/m0/s1. The lowest BCUT2D eigenvalue weighted by atomic mass is 10.1. The molecule has 0 aromatic rings. The fourth-order valence-corrected chi connectivity index (χ4v) is 1.48. The zero-order valence-corrected chi connectivity index (χ0v) is 12.7. The molecule has 0 heterocycles. The van der Waals surface area contributed by atoms with Gasteiger partial charge in [0.15, 0.2) is 0 Å². The van der Waals surface area contributed by atoms with Crippen LogP contribution >= 0.6 is 0 Å². The first kappa shape index (κ1) is 19.3. The van der Waals surface area contributed by atoms with Crippen LogP contribution in [0.5, 0.6) is 0 Å². The van der Waals surface area contributed by atoms with Crippen molar-refractivity contribution in [3.8, 4) is 0 Å². The van der Waals surface area contributed by atoms with Gasteiger partial charge in [0.05, 0.1) is 6.04 Å². The maximum absolute atomic E-state index is 11.6. The lowest BCUT2D eigenvalue weighted by Gasteiger charge is -2.22. The van der Waals surface area contributed by atoms with E-state index in [1.165, 1.54) is 0 Å². The molecule has 0 fully saturated rings. The quantitative estimate of drug-likeness (QED) is 0.436. The molecule has 0 radical (unpaired) electrons. The third-order valence-corrected chi connectivity index (χ3v) is 2.49. The molecule has 122 valence electrons. The second kappa shape index (κ2) is 8.58. The molecule has 6 N–H and O–H groups in total.